The minimum Gasteiger partial charge on any atom is -0.375 e. The first-order chi connectivity index (χ1) is 12.3. The Balaban J connectivity index is 2.02. The maximum Gasteiger partial charge on any atom is 0.281 e. The van der Waals surface area contributed by atoms with Crippen molar-refractivity contribution in [1.82, 2.24) is 23.7 Å². The summed E-state index contributed by atoms with van der Waals surface area (Å²) in [6, 6.07) is -0.165. The summed E-state index contributed by atoms with van der Waals surface area (Å²) < 4.78 is 37.4. The lowest BCUT2D eigenvalue weighted by molar-refractivity contribution is -0.131. The van der Waals surface area contributed by atoms with Gasteiger partial charge in [0.25, 0.3) is 16.1 Å². The number of ether oxygens (including phenoxy) is 1. The van der Waals surface area contributed by atoms with Gasteiger partial charge in [-0.05, 0) is 12.8 Å². The average Bonchev–Trinajstić information content (AvgIpc) is 3.03. The molecule has 1 amide bonds. The summed E-state index contributed by atoms with van der Waals surface area (Å²) in [4.78, 5) is 18.0. The van der Waals surface area contributed by atoms with Crippen LogP contribution in [0.1, 0.15) is 31.5 Å². The molecule has 26 heavy (non-hydrogen) atoms. The van der Waals surface area contributed by atoms with Crippen LogP contribution in [0.4, 0.5) is 0 Å². The number of carbonyl (C=O) groups excluding carboxylic acids is 1. The number of aromatic nitrogens is 2. The highest BCUT2D eigenvalue weighted by atomic mass is 32.2. The molecular formula is C15H27N5O5S. The zero-order valence-electron chi connectivity index (χ0n) is 15.7. The summed E-state index contributed by atoms with van der Waals surface area (Å²) in [5, 5.41) is 3.87. The zero-order valence-corrected chi connectivity index (χ0v) is 16.5. The number of rotatable bonds is 8. The van der Waals surface area contributed by atoms with Crippen molar-refractivity contribution in [2.45, 2.75) is 38.8 Å². The molecule has 11 heteroatoms. The predicted molar refractivity (Wildman–Crippen MR) is 93.3 cm³/mol. The third-order valence-corrected chi connectivity index (χ3v) is 6.25. The molecule has 1 saturated heterocycles. The molecule has 0 radical (unpaired) electrons. The molecule has 0 N–H and O–H groups in total. The molecule has 2 heterocycles. The molecule has 0 aliphatic carbocycles. The smallest absolute Gasteiger partial charge is 0.281 e. The van der Waals surface area contributed by atoms with Gasteiger partial charge in [0.2, 0.25) is 5.91 Å². The number of amides is 1. The standard InChI is InChI=1S/C15H27N5O5S/c1-12(21)20(9-7-14-16-15(11-24-4)25-17-14)13-6-5-8-19(10-13)26(22,23)18(2)3/h13H,5-11H2,1-4H3. The molecule has 148 valence electrons. The molecule has 10 nitrogen and oxygen atoms in total. The van der Waals surface area contributed by atoms with E-state index in [1.807, 2.05) is 0 Å². The van der Waals surface area contributed by atoms with Gasteiger partial charge >= 0.3 is 0 Å². The molecule has 0 bridgehead atoms. The van der Waals surface area contributed by atoms with Crippen molar-refractivity contribution in [3.8, 4) is 0 Å². The van der Waals surface area contributed by atoms with E-state index >= 15 is 0 Å². The third kappa shape index (κ3) is 5.00. The van der Waals surface area contributed by atoms with Crippen LogP contribution in [0.15, 0.2) is 4.52 Å². The number of piperidine rings is 1. The molecule has 0 spiro atoms. The summed E-state index contributed by atoms with van der Waals surface area (Å²) in [5.74, 6) is 0.786. The maximum absolute atomic E-state index is 12.4. The van der Waals surface area contributed by atoms with E-state index in [1.54, 1.807) is 4.90 Å². The van der Waals surface area contributed by atoms with Gasteiger partial charge in [-0.2, -0.15) is 22.0 Å². The highest BCUT2D eigenvalue weighted by Crippen LogP contribution is 2.20. The van der Waals surface area contributed by atoms with Crippen LogP contribution in [0, 0.1) is 0 Å². The van der Waals surface area contributed by atoms with Crippen LogP contribution in [-0.4, -0.2) is 84.9 Å². The van der Waals surface area contributed by atoms with Crippen molar-refractivity contribution in [2.75, 3.05) is 40.8 Å². The second-order valence-corrected chi connectivity index (χ2v) is 8.59. The number of hydrogen-bond acceptors (Lipinski definition) is 7. The minimum absolute atomic E-state index is 0.0975. The largest absolute Gasteiger partial charge is 0.375 e. The summed E-state index contributed by atoms with van der Waals surface area (Å²) in [6.45, 7) is 2.90. The number of nitrogens with zero attached hydrogens (tertiary/aromatic N) is 5. The van der Waals surface area contributed by atoms with Crippen LogP contribution in [0.25, 0.3) is 0 Å². The molecule has 1 fully saturated rings. The highest BCUT2D eigenvalue weighted by Gasteiger charge is 2.33. The van der Waals surface area contributed by atoms with Crippen molar-refractivity contribution >= 4 is 16.1 Å². The molecule has 1 atom stereocenters. The molecule has 1 aliphatic rings. The zero-order chi connectivity index (χ0) is 19.3. The number of hydrogen-bond donors (Lipinski definition) is 0. The maximum atomic E-state index is 12.4. The molecule has 1 aromatic heterocycles. The van der Waals surface area contributed by atoms with Crippen molar-refractivity contribution in [2.24, 2.45) is 0 Å². The Hall–Kier alpha value is -1.56. The first kappa shape index (κ1) is 20.7. The first-order valence-corrected chi connectivity index (χ1v) is 9.90. The lowest BCUT2D eigenvalue weighted by Gasteiger charge is -2.39. The van der Waals surface area contributed by atoms with Gasteiger partial charge in [-0.1, -0.05) is 5.16 Å². The first-order valence-electron chi connectivity index (χ1n) is 8.51. The topological polar surface area (TPSA) is 109 Å². The van der Waals surface area contributed by atoms with Gasteiger partial charge in [0.15, 0.2) is 5.82 Å². The van der Waals surface area contributed by atoms with E-state index in [0.717, 1.165) is 6.42 Å². The van der Waals surface area contributed by atoms with Crippen LogP contribution < -0.4 is 0 Å². The lowest BCUT2D eigenvalue weighted by atomic mass is 10.1. The molecular weight excluding hydrogens is 362 g/mol. The molecule has 1 aromatic rings. The van der Waals surface area contributed by atoms with Gasteiger partial charge in [0.1, 0.15) is 6.61 Å². The van der Waals surface area contributed by atoms with Crippen molar-refractivity contribution in [3.05, 3.63) is 11.7 Å². The quantitative estimate of drug-likeness (QED) is 0.609. The fourth-order valence-corrected chi connectivity index (χ4v) is 4.19. The Morgan fingerprint density at radius 1 is 1.42 bits per heavy atom. The molecule has 1 unspecified atom stereocenters. The van der Waals surface area contributed by atoms with Crippen LogP contribution >= 0.6 is 0 Å². The Morgan fingerprint density at radius 3 is 2.77 bits per heavy atom. The second-order valence-electron chi connectivity index (χ2n) is 6.44. The van der Waals surface area contributed by atoms with Gasteiger partial charge in [0.05, 0.1) is 0 Å². The van der Waals surface area contributed by atoms with E-state index in [4.69, 9.17) is 9.26 Å². The van der Waals surface area contributed by atoms with Crippen LogP contribution in [0.5, 0.6) is 0 Å². The van der Waals surface area contributed by atoms with Crippen LogP contribution in [0.3, 0.4) is 0 Å². The fraction of sp³-hybridized carbons (Fsp3) is 0.800. The van der Waals surface area contributed by atoms with Gasteiger partial charge in [0, 0.05) is 60.2 Å². The van der Waals surface area contributed by atoms with Crippen LogP contribution in [0.2, 0.25) is 0 Å². The molecule has 2 rings (SSSR count). The number of methoxy groups -OCH3 is 1. The third-order valence-electron chi connectivity index (χ3n) is 4.35. The van der Waals surface area contributed by atoms with Crippen molar-refractivity contribution in [3.63, 3.8) is 0 Å². The average molecular weight is 389 g/mol. The molecule has 1 aliphatic heterocycles. The molecule has 0 saturated carbocycles. The lowest BCUT2D eigenvalue weighted by Crippen LogP contribution is -2.53. The van der Waals surface area contributed by atoms with E-state index in [2.05, 4.69) is 10.1 Å². The van der Waals surface area contributed by atoms with Gasteiger partial charge in [-0.15, -0.1) is 0 Å². The van der Waals surface area contributed by atoms with Crippen molar-refractivity contribution in [1.29, 1.82) is 0 Å². The van der Waals surface area contributed by atoms with Crippen LogP contribution in [-0.2, 0) is 32.8 Å². The Bertz CT molecular complexity index is 705. The summed E-state index contributed by atoms with van der Waals surface area (Å²) in [5.41, 5.74) is 0. The summed E-state index contributed by atoms with van der Waals surface area (Å²) >= 11 is 0. The van der Waals surface area contributed by atoms with E-state index in [9.17, 15) is 13.2 Å². The Labute approximate surface area is 154 Å². The minimum atomic E-state index is -3.49. The van der Waals surface area contributed by atoms with Gasteiger partial charge < -0.3 is 14.2 Å². The Morgan fingerprint density at radius 2 is 2.15 bits per heavy atom. The van der Waals surface area contributed by atoms with E-state index < -0.39 is 10.2 Å². The van der Waals surface area contributed by atoms with Crippen molar-refractivity contribution < 1.29 is 22.5 Å². The second kappa shape index (κ2) is 8.89. The number of carbonyl (C=O) groups is 1. The van der Waals surface area contributed by atoms with Gasteiger partial charge in [-0.3, -0.25) is 4.79 Å². The normalized spacial score (nSPS) is 19.0. The highest BCUT2D eigenvalue weighted by molar-refractivity contribution is 7.86. The predicted octanol–water partition coefficient (Wildman–Crippen LogP) is -0.122. The summed E-state index contributed by atoms with van der Waals surface area (Å²) in [6.07, 6.45) is 1.91. The Kier molecular flexibility index (Phi) is 7.09. The fourth-order valence-electron chi connectivity index (χ4n) is 3.01. The van der Waals surface area contributed by atoms with E-state index in [-0.39, 0.29) is 18.6 Å². The van der Waals surface area contributed by atoms with E-state index in [1.165, 1.54) is 36.7 Å². The summed E-state index contributed by atoms with van der Waals surface area (Å²) in [7, 11) is 1.07. The molecule has 0 aromatic carbocycles. The van der Waals surface area contributed by atoms with Gasteiger partial charge in [-0.25, -0.2) is 0 Å². The van der Waals surface area contributed by atoms with E-state index in [0.29, 0.717) is 44.2 Å². The SMILES string of the molecule is COCc1nc(CCN(C(C)=O)C2CCCN(S(=O)(=O)N(C)C)C2)no1. The monoisotopic (exact) mass is 389 g/mol.